The maximum Gasteiger partial charge on any atom is 0.677 e. The quantitative estimate of drug-likeness (QED) is 0.560. The fraction of sp³-hybridized carbons (Fsp3) is 0.261. The first-order valence-electron chi connectivity index (χ1n) is 9.77. The topological polar surface area (TPSA) is 34.0 Å². The molecule has 0 spiro atoms. The molecule has 0 aliphatic carbocycles. The van der Waals surface area contributed by atoms with E-state index in [9.17, 15) is 8.63 Å². The van der Waals surface area contributed by atoms with Gasteiger partial charge in [-0.15, -0.1) is 0 Å². The third-order valence-electron chi connectivity index (χ3n) is 5.40. The van der Waals surface area contributed by atoms with E-state index in [2.05, 4.69) is 54.9 Å². The predicted octanol–water partition coefficient (Wildman–Crippen LogP) is 4.69. The van der Waals surface area contributed by atoms with E-state index in [4.69, 9.17) is 5.73 Å². The fourth-order valence-electron chi connectivity index (χ4n) is 3.97. The zero-order valence-corrected chi connectivity index (χ0v) is 17.4. The van der Waals surface area contributed by atoms with E-state index in [-0.39, 0.29) is 0 Å². The van der Waals surface area contributed by atoms with E-state index in [1.54, 1.807) is 12.1 Å². The number of rotatable bonds is 6. The number of aromatic nitrogens is 1. The Morgan fingerprint density at radius 1 is 1.10 bits per heavy atom. The lowest BCUT2D eigenvalue weighted by atomic mass is 10.0. The molecule has 1 aromatic heterocycles. The second-order valence-electron chi connectivity index (χ2n) is 7.39. The van der Waals surface area contributed by atoms with Crippen LogP contribution in [0.5, 0.6) is 0 Å². The number of hydrogen-bond acceptors (Lipinski definition) is 1. The zero-order chi connectivity index (χ0) is 21.1. The lowest BCUT2D eigenvalue weighted by Crippen LogP contribution is -2.18. The van der Waals surface area contributed by atoms with Gasteiger partial charge in [0.2, 0.25) is 11.4 Å². The van der Waals surface area contributed by atoms with Crippen LogP contribution in [-0.2, 0) is 0 Å². The van der Waals surface area contributed by atoms with Crippen molar-refractivity contribution in [2.75, 3.05) is 13.6 Å². The monoisotopic (exact) mass is 394 g/mol. The van der Waals surface area contributed by atoms with E-state index >= 15 is 0 Å². The summed E-state index contributed by atoms with van der Waals surface area (Å²) in [5.74, 6) is 0. The van der Waals surface area contributed by atoms with Gasteiger partial charge in [-0.1, -0.05) is 18.2 Å². The Morgan fingerprint density at radius 2 is 1.79 bits per heavy atom. The smallest absolute Gasteiger partial charge is 0.332 e. The number of benzene rings is 1. The van der Waals surface area contributed by atoms with Gasteiger partial charge in [-0.2, -0.15) is 4.58 Å². The third-order valence-corrected chi connectivity index (χ3v) is 5.40. The number of nitrogens with zero attached hydrogens (tertiary/aromatic N) is 2. The van der Waals surface area contributed by atoms with E-state index < -0.39 is 7.40 Å². The molecule has 150 valence electrons. The summed E-state index contributed by atoms with van der Waals surface area (Å²) in [6, 6.07) is 9.63. The van der Waals surface area contributed by atoms with Crippen molar-refractivity contribution >= 4 is 24.8 Å². The van der Waals surface area contributed by atoms with Crippen molar-refractivity contribution < 1.29 is 13.2 Å². The van der Waals surface area contributed by atoms with Crippen LogP contribution in [-0.4, -0.2) is 35.8 Å². The summed E-state index contributed by atoms with van der Waals surface area (Å²) in [7, 11) is -0.615. The maximum absolute atomic E-state index is 13.5. The minimum atomic E-state index is -2.59. The second kappa shape index (κ2) is 8.74. The van der Waals surface area contributed by atoms with Crippen LogP contribution in [0.2, 0.25) is 0 Å². The summed E-state index contributed by atoms with van der Waals surface area (Å²) in [6.45, 7) is 6.60. The lowest BCUT2D eigenvalue weighted by Gasteiger charge is -2.12. The number of nitrogens with two attached hydrogens (primary N) is 1. The van der Waals surface area contributed by atoms with Crippen LogP contribution in [0.15, 0.2) is 60.0 Å². The average Bonchev–Trinajstić information content (AvgIpc) is 3.25. The predicted molar refractivity (Wildman–Crippen MR) is 118 cm³/mol. The van der Waals surface area contributed by atoms with Crippen molar-refractivity contribution in [3.05, 3.63) is 82.3 Å². The molecule has 2 heterocycles. The van der Waals surface area contributed by atoms with Crippen molar-refractivity contribution in [3.63, 3.8) is 0 Å². The van der Waals surface area contributed by atoms with Crippen LogP contribution in [0.25, 0.3) is 11.6 Å². The zero-order valence-electron chi connectivity index (χ0n) is 17.4. The van der Waals surface area contributed by atoms with Gasteiger partial charge in [-0.3, -0.25) is 8.63 Å². The molecule has 3 nitrogen and oxygen atoms in total. The first-order chi connectivity index (χ1) is 13.8. The van der Waals surface area contributed by atoms with Gasteiger partial charge in [0.25, 0.3) is 0 Å². The van der Waals surface area contributed by atoms with Gasteiger partial charge in [0, 0.05) is 29.0 Å². The molecular formula is C23H27BF2N3+. The van der Waals surface area contributed by atoms with Gasteiger partial charge in [0.1, 0.15) is 7.05 Å². The Morgan fingerprint density at radius 3 is 2.41 bits per heavy atom. The first-order valence-corrected chi connectivity index (χ1v) is 9.77. The Labute approximate surface area is 171 Å². The Hall–Kier alpha value is -2.73. The molecule has 1 aliphatic heterocycles. The van der Waals surface area contributed by atoms with Gasteiger partial charge in [-0.05, 0) is 74.8 Å². The molecule has 2 aromatic rings. The molecule has 3 rings (SSSR count). The molecule has 0 saturated carbocycles. The van der Waals surface area contributed by atoms with Gasteiger partial charge >= 0.3 is 7.40 Å². The number of aryl methyl sites for hydroxylation is 2. The molecule has 0 atom stereocenters. The van der Waals surface area contributed by atoms with Crippen LogP contribution in [0.3, 0.4) is 0 Å². The van der Waals surface area contributed by atoms with Gasteiger partial charge in [0.15, 0.2) is 0 Å². The van der Waals surface area contributed by atoms with Crippen molar-refractivity contribution in [2.45, 2.75) is 27.2 Å². The number of likely N-dealkylation sites (N-methyl/N-ethyl adjacent to an activating group) is 1. The molecule has 0 unspecified atom stereocenters. The first kappa shape index (κ1) is 21.0. The molecular weight excluding hydrogens is 367 g/mol. The summed E-state index contributed by atoms with van der Waals surface area (Å²) < 4.78 is 30.0. The van der Waals surface area contributed by atoms with Crippen molar-refractivity contribution in [2.24, 2.45) is 5.73 Å². The van der Waals surface area contributed by atoms with Crippen LogP contribution < -0.4 is 5.73 Å². The van der Waals surface area contributed by atoms with E-state index in [0.29, 0.717) is 18.7 Å². The van der Waals surface area contributed by atoms with Crippen LogP contribution in [0.4, 0.5) is 8.63 Å². The largest absolute Gasteiger partial charge is 0.677 e. The average molecular weight is 394 g/mol. The lowest BCUT2D eigenvalue weighted by molar-refractivity contribution is -0.433. The molecule has 1 aliphatic rings. The Kier molecular flexibility index (Phi) is 6.33. The van der Waals surface area contributed by atoms with Crippen molar-refractivity contribution in [1.29, 1.82) is 0 Å². The molecule has 0 radical (unpaired) electrons. The third kappa shape index (κ3) is 4.17. The van der Waals surface area contributed by atoms with E-state index in [1.807, 2.05) is 14.0 Å². The number of halogens is 2. The van der Waals surface area contributed by atoms with Crippen LogP contribution >= 0.6 is 0 Å². The highest BCUT2D eigenvalue weighted by molar-refractivity contribution is 6.41. The molecule has 0 saturated heterocycles. The highest BCUT2D eigenvalue weighted by atomic mass is 19.2. The molecule has 0 amide bonds. The molecule has 0 bridgehead atoms. The summed E-state index contributed by atoms with van der Waals surface area (Å²) in [6.07, 6.45) is 8.23. The molecule has 6 heteroatoms. The summed E-state index contributed by atoms with van der Waals surface area (Å²) >= 11 is 0. The van der Waals surface area contributed by atoms with Crippen LogP contribution in [0, 0.1) is 13.8 Å². The highest BCUT2D eigenvalue weighted by Gasteiger charge is 2.30. The Bertz CT molecular complexity index is 1020. The standard InChI is InChI=1S/C23H27BF2N3/c1-16-7-5-8-17(2)20(16)11-10-19-15-18(3)23(28(19)4)21(12-13-27)22-9-6-14-29(22)24(25)26/h5-11,14-15H,12-13,27H2,1-4H3/q+1/b11-10+. The summed E-state index contributed by atoms with van der Waals surface area (Å²) in [5, 5.41) is 0. The number of hydrogen-bond donors (Lipinski definition) is 1. The second-order valence-corrected chi connectivity index (χ2v) is 7.39. The minimum absolute atomic E-state index is 0.391. The fourth-order valence-corrected chi connectivity index (χ4v) is 3.97. The van der Waals surface area contributed by atoms with E-state index in [1.165, 1.54) is 22.9 Å². The molecule has 2 N–H and O–H groups in total. The summed E-state index contributed by atoms with van der Waals surface area (Å²) in [4.78, 5) is 0. The molecule has 29 heavy (non-hydrogen) atoms. The van der Waals surface area contributed by atoms with Crippen molar-refractivity contribution in [3.8, 4) is 0 Å². The number of allylic oxidation sites excluding steroid dienone is 3. The molecule has 1 aromatic carbocycles. The van der Waals surface area contributed by atoms with Crippen LogP contribution in [0.1, 0.15) is 35.7 Å². The summed E-state index contributed by atoms with van der Waals surface area (Å²) in [5.41, 5.74) is 13.8. The Balaban J connectivity index is 2.09. The minimum Gasteiger partial charge on any atom is -0.332 e. The normalized spacial score (nSPS) is 16.0. The SMILES string of the molecule is CC1=CC(/C=C/c2c(C)cccc2C)=[N+](C)C/1=C(/CCN)c1cccn1B(F)F. The van der Waals surface area contributed by atoms with Gasteiger partial charge < -0.3 is 10.2 Å². The van der Waals surface area contributed by atoms with E-state index in [0.717, 1.165) is 27.0 Å². The van der Waals surface area contributed by atoms with Crippen molar-refractivity contribution in [1.82, 2.24) is 4.48 Å². The van der Waals surface area contributed by atoms with Gasteiger partial charge in [-0.25, -0.2) is 0 Å². The maximum atomic E-state index is 13.5. The highest BCUT2D eigenvalue weighted by Crippen LogP contribution is 2.31. The molecule has 0 fully saturated rings. The van der Waals surface area contributed by atoms with Gasteiger partial charge in [0.05, 0.1) is 0 Å².